The first-order chi connectivity index (χ1) is 12.1. The van der Waals surface area contributed by atoms with Gasteiger partial charge in [-0.1, -0.05) is 12.1 Å². The quantitative estimate of drug-likeness (QED) is 0.685. The summed E-state index contributed by atoms with van der Waals surface area (Å²) in [5.74, 6) is -0.314. The van der Waals surface area contributed by atoms with Gasteiger partial charge >= 0.3 is 0 Å². The molecule has 1 aromatic carbocycles. The molecule has 3 rings (SSSR count). The molecule has 0 aliphatic rings. The Morgan fingerprint density at radius 3 is 2.72 bits per heavy atom. The molecular weight excluding hydrogens is 386 g/mol. The number of anilines is 1. The van der Waals surface area contributed by atoms with Crippen molar-refractivity contribution in [1.82, 2.24) is 10.3 Å². The average Bonchev–Trinajstić information content (AvgIpc) is 3.15. The van der Waals surface area contributed by atoms with Gasteiger partial charge in [-0.15, -0.1) is 0 Å². The van der Waals surface area contributed by atoms with Gasteiger partial charge in [0.15, 0.2) is 5.76 Å². The lowest BCUT2D eigenvalue weighted by Crippen LogP contribution is -2.23. The number of nitrogens with one attached hydrogen (secondary N) is 2. The lowest BCUT2D eigenvalue weighted by molar-refractivity contribution is 0.0949. The lowest BCUT2D eigenvalue weighted by atomic mass is 10.2. The number of carbonyl (C=O) groups excluding carboxylic acids is 2. The fourth-order valence-corrected chi connectivity index (χ4v) is 2.54. The lowest BCUT2D eigenvalue weighted by Gasteiger charge is -2.08. The van der Waals surface area contributed by atoms with Gasteiger partial charge in [-0.3, -0.25) is 14.6 Å². The molecule has 0 atom stereocenters. The molecule has 2 heterocycles. The number of halogens is 1. The maximum Gasteiger partial charge on any atom is 0.291 e. The molecule has 126 valence electrons. The number of benzene rings is 1. The molecule has 0 saturated heterocycles. The van der Waals surface area contributed by atoms with E-state index >= 15 is 0 Å². The summed E-state index contributed by atoms with van der Waals surface area (Å²) < 4.78 is 5.80. The molecule has 6 nitrogen and oxygen atoms in total. The molecule has 2 aromatic heterocycles. The van der Waals surface area contributed by atoms with E-state index in [9.17, 15) is 9.59 Å². The van der Waals surface area contributed by atoms with Crippen molar-refractivity contribution >= 4 is 33.4 Å². The SMILES string of the molecule is O=C(NCc1cccc(NC(=O)c2ccco2)c1)c1cncc(Br)c1. The van der Waals surface area contributed by atoms with Gasteiger partial charge in [0.25, 0.3) is 11.8 Å². The zero-order valence-electron chi connectivity index (χ0n) is 13.0. The number of furan rings is 1. The molecule has 0 aliphatic carbocycles. The fraction of sp³-hybridized carbons (Fsp3) is 0.0556. The Morgan fingerprint density at radius 2 is 1.96 bits per heavy atom. The highest BCUT2D eigenvalue weighted by Gasteiger charge is 2.10. The van der Waals surface area contributed by atoms with Crippen LogP contribution in [0.4, 0.5) is 5.69 Å². The van der Waals surface area contributed by atoms with Crippen LogP contribution in [0.3, 0.4) is 0 Å². The topological polar surface area (TPSA) is 84.2 Å². The molecule has 3 aromatic rings. The number of carbonyl (C=O) groups is 2. The minimum atomic E-state index is -0.327. The van der Waals surface area contributed by atoms with Gasteiger partial charge in [0.1, 0.15) is 0 Å². The minimum absolute atomic E-state index is 0.223. The third kappa shape index (κ3) is 4.54. The third-order valence-corrected chi connectivity index (χ3v) is 3.78. The second kappa shape index (κ2) is 7.76. The number of rotatable bonds is 5. The number of pyridine rings is 1. The standard InChI is InChI=1S/C18H14BrN3O3/c19-14-8-13(10-20-11-14)17(23)21-9-12-3-1-4-15(7-12)22-18(24)16-5-2-6-25-16/h1-8,10-11H,9H2,(H,21,23)(H,22,24). The van der Waals surface area contributed by atoms with Crippen molar-refractivity contribution in [1.29, 1.82) is 0 Å². The van der Waals surface area contributed by atoms with Gasteiger partial charge in [-0.25, -0.2) is 0 Å². The summed E-state index contributed by atoms with van der Waals surface area (Å²) in [6.07, 6.45) is 4.56. The van der Waals surface area contributed by atoms with Crippen LogP contribution in [0.1, 0.15) is 26.5 Å². The van der Waals surface area contributed by atoms with Crippen LogP contribution in [0.2, 0.25) is 0 Å². The summed E-state index contributed by atoms with van der Waals surface area (Å²) in [6.45, 7) is 0.329. The minimum Gasteiger partial charge on any atom is -0.459 e. The second-order valence-corrected chi connectivity index (χ2v) is 6.12. The molecule has 25 heavy (non-hydrogen) atoms. The molecule has 0 bridgehead atoms. The summed E-state index contributed by atoms with van der Waals surface area (Å²) in [7, 11) is 0. The van der Waals surface area contributed by atoms with Crippen molar-refractivity contribution in [2.24, 2.45) is 0 Å². The molecule has 0 saturated carbocycles. The van der Waals surface area contributed by atoms with E-state index in [-0.39, 0.29) is 17.6 Å². The highest BCUT2D eigenvalue weighted by molar-refractivity contribution is 9.10. The first kappa shape index (κ1) is 16.9. The summed E-state index contributed by atoms with van der Waals surface area (Å²) >= 11 is 3.28. The Morgan fingerprint density at radius 1 is 1.08 bits per heavy atom. The molecule has 0 radical (unpaired) electrons. The van der Waals surface area contributed by atoms with Crippen molar-refractivity contribution in [2.45, 2.75) is 6.54 Å². The summed E-state index contributed by atoms with van der Waals surface area (Å²) in [4.78, 5) is 28.1. The normalized spacial score (nSPS) is 10.3. The Labute approximate surface area is 152 Å². The highest BCUT2D eigenvalue weighted by atomic mass is 79.9. The second-order valence-electron chi connectivity index (χ2n) is 5.21. The number of hydrogen-bond donors (Lipinski definition) is 2. The van der Waals surface area contributed by atoms with Crippen LogP contribution in [0, 0.1) is 0 Å². The Hall–Kier alpha value is -2.93. The molecular formula is C18H14BrN3O3. The first-order valence-electron chi connectivity index (χ1n) is 7.44. The van der Waals surface area contributed by atoms with E-state index in [1.807, 2.05) is 6.07 Å². The largest absolute Gasteiger partial charge is 0.459 e. The molecule has 0 spiro atoms. The number of nitrogens with zero attached hydrogens (tertiary/aromatic N) is 1. The van der Waals surface area contributed by atoms with Crippen molar-refractivity contribution in [3.63, 3.8) is 0 Å². The van der Waals surface area contributed by atoms with Crippen molar-refractivity contribution < 1.29 is 14.0 Å². The van der Waals surface area contributed by atoms with Gasteiger partial charge in [-0.05, 0) is 51.8 Å². The average molecular weight is 400 g/mol. The van der Waals surface area contributed by atoms with Gasteiger partial charge in [0.2, 0.25) is 0 Å². The van der Waals surface area contributed by atoms with Crippen LogP contribution in [-0.2, 0) is 6.54 Å². The summed E-state index contributed by atoms with van der Waals surface area (Å²) in [5.41, 5.74) is 1.95. The van der Waals surface area contributed by atoms with Crippen LogP contribution in [0.15, 0.2) is 70.0 Å². The van der Waals surface area contributed by atoms with E-state index in [0.29, 0.717) is 17.8 Å². The van der Waals surface area contributed by atoms with Crippen LogP contribution >= 0.6 is 15.9 Å². The highest BCUT2D eigenvalue weighted by Crippen LogP contribution is 2.13. The number of amides is 2. The van der Waals surface area contributed by atoms with E-state index in [1.54, 1.807) is 42.6 Å². The van der Waals surface area contributed by atoms with Crippen molar-refractivity contribution in [3.05, 3.63) is 82.5 Å². The molecule has 2 N–H and O–H groups in total. The molecule has 7 heteroatoms. The Bertz CT molecular complexity index is 894. The van der Waals surface area contributed by atoms with Crippen LogP contribution in [-0.4, -0.2) is 16.8 Å². The Balaban J connectivity index is 1.62. The smallest absolute Gasteiger partial charge is 0.291 e. The molecule has 0 fully saturated rings. The van der Waals surface area contributed by atoms with E-state index in [4.69, 9.17) is 4.42 Å². The predicted molar refractivity (Wildman–Crippen MR) is 96.2 cm³/mol. The Kier molecular flexibility index (Phi) is 5.25. The van der Waals surface area contributed by atoms with Crippen molar-refractivity contribution in [2.75, 3.05) is 5.32 Å². The summed E-state index contributed by atoms with van der Waals surface area (Å²) in [5, 5.41) is 5.57. The van der Waals surface area contributed by atoms with Crippen molar-refractivity contribution in [3.8, 4) is 0 Å². The maximum absolute atomic E-state index is 12.1. The molecule has 2 amide bonds. The number of hydrogen-bond acceptors (Lipinski definition) is 4. The third-order valence-electron chi connectivity index (χ3n) is 3.35. The van der Waals surface area contributed by atoms with Gasteiger partial charge in [0.05, 0.1) is 11.8 Å². The summed E-state index contributed by atoms with van der Waals surface area (Å²) in [6, 6.07) is 12.2. The number of aromatic nitrogens is 1. The van der Waals surface area contributed by atoms with Crippen LogP contribution in [0.25, 0.3) is 0 Å². The van der Waals surface area contributed by atoms with E-state index in [1.165, 1.54) is 12.5 Å². The van der Waals surface area contributed by atoms with Crippen LogP contribution in [0.5, 0.6) is 0 Å². The predicted octanol–water partition coefficient (Wildman–Crippen LogP) is 3.62. The maximum atomic E-state index is 12.1. The van der Waals surface area contributed by atoms with E-state index in [0.717, 1.165) is 10.0 Å². The zero-order chi connectivity index (χ0) is 17.6. The van der Waals surface area contributed by atoms with Gasteiger partial charge < -0.3 is 15.1 Å². The van der Waals surface area contributed by atoms with E-state index < -0.39 is 0 Å². The molecule has 0 unspecified atom stereocenters. The van der Waals surface area contributed by atoms with Crippen LogP contribution < -0.4 is 10.6 Å². The zero-order valence-corrected chi connectivity index (χ0v) is 14.6. The first-order valence-corrected chi connectivity index (χ1v) is 8.23. The van der Waals surface area contributed by atoms with Gasteiger partial charge in [-0.2, -0.15) is 0 Å². The fourth-order valence-electron chi connectivity index (χ4n) is 2.18. The van der Waals surface area contributed by atoms with Gasteiger partial charge in [0, 0.05) is 29.1 Å². The van der Waals surface area contributed by atoms with E-state index in [2.05, 4.69) is 31.5 Å². The molecule has 0 aliphatic heterocycles. The monoisotopic (exact) mass is 399 g/mol.